The number of sulfonamides is 1. The van der Waals surface area contributed by atoms with Crippen molar-refractivity contribution in [1.29, 1.82) is 0 Å². The molecule has 0 saturated carbocycles. The third-order valence-corrected chi connectivity index (χ3v) is 7.67. The molecule has 1 aliphatic heterocycles. The number of aromatic hydroxyl groups is 1. The molecule has 2 atom stereocenters. The van der Waals surface area contributed by atoms with E-state index in [9.17, 15) is 13.5 Å². The maximum absolute atomic E-state index is 11.7. The molecule has 1 fully saturated rings. The van der Waals surface area contributed by atoms with Crippen LogP contribution in [0.15, 0.2) is 72.9 Å². The van der Waals surface area contributed by atoms with Gasteiger partial charge in [-0.15, -0.1) is 0 Å². The number of halogens is 1. The fraction of sp³-hybridized carbons (Fsp3) is 0.185. The Morgan fingerprint density at radius 2 is 1.82 bits per heavy atom. The van der Waals surface area contributed by atoms with Gasteiger partial charge < -0.3 is 19.9 Å². The number of hydrogen-bond donors (Lipinski definition) is 3. The van der Waals surface area contributed by atoms with Gasteiger partial charge in [0.2, 0.25) is 10.0 Å². The molecule has 11 heteroatoms. The maximum atomic E-state index is 11.7. The van der Waals surface area contributed by atoms with Gasteiger partial charge in [-0.05, 0) is 92.3 Å². The molecule has 38 heavy (non-hydrogen) atoms. The van der Waals surface area contributed by atoms with Crippen LogP contribution < -0.4 is 14.9 Å². The SMILES string of the molecule is Cc1cc([C@H]2[C@@H](c3ccccn3)NC(=S)N2c2ccc(NS(C)(=O)=O)cc2)c(C)n1-c1cc(Cl)ccc1O. The lowest BCUT2D eigenvalue weighted by Crippen LogP contribution is -2.29. The van der Waals surface area contributed by atoms with Gasteiger partial charge in [-0.3, -0.25) is 9.71 Å². The number of thiocarbonyl (C=S) groups is 1. The van der Waals surface area contributed by atoms with Gasteiger partial charge in [0, 0.05) is 34.0 Å². The Hall–Kier alpha value is -3.60. The normalized spacial score (nSPS) is 17.5. The molecule has 8 nitrogen and oxygen atoms in total. The minimum absolute atomic E-state index is 0.120. The van der Waals surface area contributed by atoms with Gasteiger partial charge in [0.1, 0.15) is 5.75 Å². The lowest BCUT2D eigenvalue weighted by atomic mass is 9.96. The van der Waals surface area contributed by atoms with Crippen molar-refractivity contribution in [2.45, 2.75) is 25.9 Å². The predicted molar refractivity (Wildman–Crippen MR) is 155 cm³/mol. The van der Waals surface area contributed by atoms with E-state index < -0.39 is 10.0 Å². The van der Waals surface area contributed by atoms with Crippen LogP contribution >= 0.6 is 23.8 Å². The molecule has 1 saturated heterocycles. The highest BCUT2D eigenvalue weighted by Crippen LogP contribution is 2.44. The number of benzene rings is 2. The Balaban J connectivity index is 1.65. The van der Waals surface area contributed by atoms with E-state index in [4.69, 9.17) is 23.8 Å². The van der Waals surface area contributed by atoms with E-state index in [2.05, 4.69) is 21.1 Å². The first-order valence-electron chi connectivity index (χ1n) is 11.8. The molecule has 1 aliphatic rings. The van der Waals surface area contributed by atoms with Gasteiger partial charge in [-0.2, -0.15) is 0 Å². The van der Waals surface area contributed by atoms with Crippen LogP contribution in [0.1, 0.15) is 34.7 Å². The molecule has 196 valence electrons. The molecule has 4 aromatic rings. The number of nitrogens with zero attached hydrogens (tertiary/aromatic N) is 3. The average Bonchev–Trinajstić information content (AvgIpc) is 3.36. The fourth-order valence-electron chi connectivity index (χ4n) is 4.99. The van der Waals surface area contributed by atoms with Crippen LogP contribution in [0.4, 0.5) is 11.4 Å². The molecule has 0 spiro atoms. The topological polar surface area (TPSA) is 99.5 Å². The van der Waals surface area contributed by atoms with Crippen LogP contribution in [0.5, 0.6) is 5.75 Å². The van der Waals surface area contributed by atoms with Crippen LogP contribution in [0.25, 0.3) is 5.69 Å². The van der Waals surface area contributed by atoms with E-state index in [1.807, 2.05) is 53.6 Å². The average molecular weight is 568 g/mol. The molecular weight excluding hydrogens is 542 g/mol. The van der Waals surface area contributed by atoms with Crippen molar-refractivity contribution in [2.24, 2.45) is 0 Å². The lowest BCUT2D eigenvalue weighted by Gasteiger charge is -2.28. The van der Waals surface area contributed by atoms with E-state index in [0.29, 0.717) is 21.5 Å². The summed E-state index contributed by atoms with van der Waals surface area (Å²) in [6.07, 6.45) is 2.86. The van der Waals surface area contributed by atoms with E-state index in [-0.39, 0.29) is 17.8 Å². The number of aromatic nitrogens is 2. The first kappa shape index (κ1) is 26.0. The minimum atomic E-state index is -3.40. The first-order chi connectivity index (χ1) is 18.0. The monoisotopic (exact) mass is 567 g/mol. The van der Waals surface area contributed by atoms with Gasteiger partial charge in [0.05, 0.1) is 29.7 Å². The number of phenolic OH excluding ortho intramolecular Hbond substituents is 1. The molecule has 2 aromatic heterocycles. The number of nitrogens with one attached hydrogen (secondary N) is 2. The molecule has 0 amide bonds. The van der Waals surface area contributed by atoms with Crippen molar-refractivity contribution < 1.29 is 13.5 Å². The summed E-state index contributed by atoms with van der Waals surface area (Å²) in [7, 11) is -3.40. The van der Waals surface area contributed by atoms with E-state index in [0.717, 1.165) is 34.6 Å². The standard InChI is InChI=1S/C27H26ClN5O3S2/c1-16-14-21(17(2)32(16)23-15-18(28)7-12-24(23)34)26-25(22-6-4-5-13-29-22)30-27(37)33(26)20-10-8-19(9-11-20)31-38(3,35)36/h4-15,25-26,31,34H,1-3H3,(H,30,37)/t25-,26+/m1/s1. The van der Waals surface area contributed by atoms with Gasteiger partial charge in [0.15, 0.2) is 5.11 Å². The zero-order valence-electron chi connectivity index (χ0n) is 20.9. The number of rotatable bonds is 6. The molecular formula is C27H26ClN5O3S2. The second-order valence-electron chi connectivity index (χ2n) is 9.21. The maximum Gasteiger partial charge on any atom is 0.229 e. The highest BCUT2D eigenvalue weighted by atomic mass is 35.5. The lowest BCUT2D eigenvalue weighted by molar-refractivity contribution is 0.471. The van der Waals surface area contributed by atoms with Crippen LogP contribution in [-0.2, 0) is 10.0 Å². The molecule has 3 heterocycles. The highest BCUT2D eigenvalue weighted by molar-refractivity contribution is 7.92. The summed E-state index contributed by atoms with van der Waals surface area (Å²) in [6.45, 7) is 3.97. The Bertz CT molecular complexity index is 1620. The van der Waals surface area contributed by atoms with Gasteiger partial charge in [-0.1, -0.05) is 17.7 Å². The van der Waals surface area contributed by atoms with Gasteiger partial charge in [-0.25, -0.2) is 8.42 Å². The first-order valence-corrected chi connectivity index (χ1v) is 14.5. The Kier molecular flexibility index (Phi) is 6.81. The van der Waals surface area contributed by atoms with Crippen molar-refractivity contribution in [2.75, 3.05) is 15.9 Å². The van der Waals surface area contributed by atoms with E-state index in [1.165, 1.54) is 0 Å². The Morgan fingerprint density at radius 1 is 1.08 bits per heavy atom. The Labute approximate surface area is 232 Å². The van der Waals surface area contributed by atoms with Crippen molar-refractivity contribution in [3.05, 3.63) is 101 Å². The van der Waals surface area contributed by atoms with Crippen molar-refractivity contribution in [3.63, 3.8) is 0 Å². The molecule has 0 radical (unpaired) electrons. The molecule has 3 N–H and O–H groups in total. The third-order valence-electron chi connectivity index (χ3n) is 6.51. The number of aryl methyl sites for hydroxylation is 1. The summed E-state index contributed by atoms with van der Waals surface area (Å²) in [5.41, 5.74) is 5.49. The summed E-state index contributed by atoms with van der Waals surface area (Å²) in [6, 6.07) is 19.3. The molecule has 2 aromatic carbocycles. The molecule has 0 aliphatic carbocycles. The van der Waals surface area contributed by atoms with Crippen LogP contribution in [0, 0.1) is 13.8 Å². The molecule has 0 bridgehead atoms. The van der Waals surface area contributed by atoms with Crippen molar-refractivity contribution in [3.8, 4) is 11.4 Å². The quantitative estimate of drug-likeness (QED) is 0.268. The van der Waals surface area contributed by atoms with E-state index in [1.54, 1.807) is 36.5 Å². The zero-order valence-corrected chi connectivity index (χ0v) is 23.3. The van der Waals surface area contributed by atoms with Crippen LogP contribution in [0.2, 0.25) is 5.02 Å². The summed E-state index contributed by atoms with van der Waals surface area (Å²) in [5.74, 6) is 0.120. The summed E-state index contributed by atoms with van der Waals surface area (Å²) >= 11 is 12.1. The van der Waals surface area contributed by atoms with Crippen molar-refractivity contribution in [1.82, 2.24) is 14.9 Å². The second kappa shape index (κ2) is 9.94. The summed E-state index contributed by atoms with van der Waals surface area (Å²) in [5, 5.41) is 15.1. The smallest absolute Gasteiger partial charge is 0.229 e. The largest absolute Gasteiger partial charge is 0.506 e. The number of hydrogen-bond acceptors (Lipinski definition) is 5. The number of pyridine rings is 1. The summed E-state index contributed by atoms with van der Waals surface area (Å²) < 4.78 is 27.8. The van der Waals surface area contributed by atoms with Crippen molar-refractivity contribution >= 4 is 50.3 Å². The highest BCUT2D eigenvalue weighted by Gasteiger charge is 2.42. The predicted octanol–water partition coefficient (Wildman–Crippen LogP) is 5.40. The second-order valence-corrected chi connectivity index (χ2v) is 11.8. The Morgan fingerprint density at radius 3 is 2.47 bits per heavy atom. The zero-order chi connectivity index (χ0) is 27.2. The van der Waals surface area contributed by atoms with E-state index >= 15 is 0 Å². The van der Waals surface area contributed by atoms with Gasteiger partial charge in [0.25, 0.3) is 0 Å². The fourth-order valence-corrected chi connectivity index (χ4v) is 6.06. The minimum Gasteiger partial charge on any atom is -0.506 e. The molecule has 0 unspecified atom stereocenters. The third kappa shape index (κ3) is 4.94. The molecule has 5 rings (SSSR count). The van der Waals surface area contributed by atoms with Crippen LogP contribution in [-0.4, -0.2) is 34.4 Å². The van der Waals surface area contributed by atoms with Crippen LogP contribution in [0.3, 0.4) is 0 Å². The summed E-state index contributed by atoms with van der Waals surface area (Å²) in [4.78, 5) is 6.62. The number of anilines is 2. The van der Waals surface area contributed by atoms with Gasteiger partial charge >= 0.3 is 0 Å². The number of phenols is 1.